The molecule has 0 unspecified atom stereocenters. The van der Waals surface area contributed by atoms with E-state index in [9.17, 15) is 21.6 Å². The van der Waals surface area contributed by atoms with Crippen LogP contribution in [-0.2, 0) is 24.8 Å². The summed E-state index contributed by atoms with van der Waals surface area (Å²) in [6.07, 6.45) is 2.69. The van der Waals surface area contributed by atoms with Crippen molar-refractivity contribution >= 4 is 43.0 Å². The molecular weight excluding hydrogens is 438 g/mol. The maximum Gasteiger partial charge on any atom is 0.232 e. The van der Waals surface area contributed by atoms with Crippen LogP contribution in [0.25, 0.3) is 0 Å². The van der Waals surface area contributed by atoms with Crippen LogP contribution < -0.4 is 13.9 Å². The summed E-state index contributed by atoms with van der Waals surface area (Å²) in [4.78, 5) is 12.4. The van der Waals surface area contributed by atoms with E-state index in [1.165, 1.54) is 11.4 Å². The van der Waals surface area contributed by atoms with Gasteiger partial charge in [-0.1, -0.05) is 18.2 Å². The molecule has 0 spiro atoms. The van der Waals surface area contributed by atoms with Gasteiger partial charge >= 0.3 is 0 Å². The molecule has 0 heterocycles. The lowest BCUT2D eigenvalue weighted by molar-refractivity contribution is -0.116. The van der Waals surface area contributed by atoms with Crippen molar-refractivity contribution in [1.29, 1.82) is 0 Å². The molecule has 0 aliphatic carbocycles. The molecule has 1 amide bonds. The molecule has 0 saturated heterocycles. The Kier molecular flexibility index (Phi) is 7.72. The molecule has 2 aromatic carbocycles. The Morgan fingerprint density at radius 3 is 2.26 bits per heavy atom. The fraction of sp³-hybridized carbons (Fsp3) is 0.381. The number of anilines is 3. The standard InChI is InChI=1S/C21H29N3O5S2/c1-16-11-12-17(2)20(14-16)24(31(5,28)29)13-7-10-21(25)22-18-8-6-9-19(15-18)23(3)30(4,26)27/h6,8-9,11-12,14-15H,7,10,13H2,1-5H3,(H,22,25). The van der Waals surface area contributed by atoms with Gasteiger partial charge in [-0.25, -0.2) is 16.8 Å². The minimum absolute atomic E-state index is 0.114. The van der Waals surface area contributed by atoms with Gasteiger partial charge in [0.15, 0.2) is 0 Å². The monoisotopic (exact) mass is 467 g/mol. The van der Waals surface area contributed by atoms with Gasteiger partial charge in [0.25, 0.3) is 0 Å². The summed E-state index contributed by atoms with van der Waals surface area (Å²) in [5, 5.41) is 2.73. The van der Waals surface area contributed by atoms with Crippen molar-refractivity contribution in [2.75, 3.05) is 40.0 Å². The van der Waals surface area contributed by atoms with Crippen LogP contribution in [0.2, 0.25) is 0 Å². The predicted molar refractivity (Wildman–Crippen MR) is 126 cm³/mol. The number of rotatable bonds is 9. The molecule has 1 N–H and O–H groups in total. The van der Waals surface area contributed by atoms with E-state index in [0.29, 0.717) is 23.5 Å². The summed E-state index contributed by atoms with van der Waals surface area (Å²) >= 11 is 0. The number of nitrogens with one attached hydrogen (secondary N) is 1. The fourth-order valence-corrected chi connectivity index (χ4v) is 4.54. The average Bonchev–Trinajstić information content (AvgIpc) is 2.65. The maximum absolute atomic E-state index is 12.4. The lowest BCUT2D eigenvalue weighted by atomic mass is 10.1. The highest BCUT2D eigenvalue weighted by Gasteiger charge is 2.20. The Hall–Kier alpha value is -2.59. The minimum atomic E-state index is -3.50. The summed E-state index contributed by atoms with van der Waals surface area (Å²) in [7, 11) is -5.48. The van der Waals surface area contributed by atoms with Gasteiger partial charge < -0.3 is 5.32 Å². The lowest BCUT2D eigenvalue weighted by Gasteiger charge is -2.24. The number of carbonyl (C=O) groups excluding carboxylic acids is 1. The average molecular weight is 468 g/mol. The summed E-state index contributed by atoms with van der Waals surface area (Å²) < 4.78 is 50.5. The molecule has 0 fully saturated rings. The first-order valence-corrected chi connectivity index (χ1v) is 13.4. The Morgan fingerprint density at radius 2 is 1.65 bits per heavy atom. The topological polar surface area (TPSA) is 104 Å². The van der Waals surface area contributed by atoms with Crippen LogP contribution in [0.5, 0.6) is 0 Å². The van der Waals surface area contributed by atoms with Crippen molar-refractivity contribution in [2.45, 2.75) is 26.7 Å². The molecule has 0 saturated carbocycles. The molecule has 0 aliphatic rings. The number of benzene rings is 2. The first-order chi connectivity index (χ1) is 14.3. The van der Waals surface area contributed by atoms with E-state index in [2.05, 4.69) is 5.32 Å². The number of sulfonamides is 2. The third-order valence-corrected chi connectivity index (χ3v) is 7.18. The van der Waals surface area contributed by atoms with Gasteiger partial charge in [-0.2, -0.15) is 0 Å². The van der Waals surface area contributed by atoms with E-state index in [1.807, 2.05) is 32.0 Å². The third kappa shape index (κ3) is 6.96. The first-order valence-electron chi connectivity index (χ1n) is 9.68. The second kappa shape index (κ2) is 9.69. The molecule has 0 radical (unpaired) electrons. The van der Waals surface area contributed by atoms with Gasteiger partial charge in [-0.3, -0.25) is 13.4 Å². The van der Waals surface area contributed by atoms with Crippen LogP contribution in [-0.4, -0.2) is 48.8 Å². The second-order valence-corrected chi connectivity index (χ2v) is 11.5. The van der Waals surface area contributed by atoms with Crippen molar-refractivity contribution in [3.63, 3.8) is 0 Å². The molecule has 0 aromatic heterocycles. The molecule has 0 aliphatic heterocycles. The molecule has 0 atom stereocenters. The highest BCUT2D eigenvalue weighted by molar-refractivity contribution is 7.92. The summed E-state index contributed by atoms with van der Waals surface area (Å²) in [5.74, 6) is -0.284. The molecule has 2 aromatic rings. The van der Waals surface area contributed by atoms with E-state index in [1.54, 1.807) is 24.3 Å². The Bertz CT molecular complexity index is 1160. The smallest absolute Gasteiger partial charge is 0.232 e. The molecule has 8 nitrogen and oxygen atoms in total. The molecular formula is C21H29N3O5S2. The van der Waals surface area contributed by atoms with Crippen molar-refractivity contribution in [3.05, 3.63) is 53.6 Å². The van der Waals surface area contributed by atoms with Gasteiger partial charge in [0.1, 0.15) is 0 Å². The zero-order valence-electron chi connectivity index (χ0n) is 18.4. The molecule has 0 bridgehead atoms. The Morgan fingerprint density at radius 1 is 0.968 bits per heavy atom. The number of nitrogens with zero attached hydrogens (tertiary/aromatic N) is 2. The number of hydrogen-bond acceptors (Lipinski definition) is 5. The van der Waals surface area contributed by atoms with Gasteiger partial charge in [0, 0.05) is 25.7 Å². The zero-order valence-corrected chi connectivity index (χ0v) is 20.0. The van der Waals surface area contributed by atoms with E-state index in [-0.39, 0.29) is 18.9 Å². The SMILES string of the molecule is Cc1ccc(C)c(N(CCCC(=O)Nc2cccc(N(C)S(C)(=O)=O)c2)S(C)(=O)=O)c1. The number of carbonyl (C=O) groups is 1. The van der Waals surface area contributed by atoms with Crippen molar-refractivity contribution in [1.82, 2.24) is 0 Å². The van der Waals surface area contributed by atoms with E-state index >= 15 is 0 Å². The Balaban J connectivity index is 2.04. The minimum Gasteiger partial charge on any atom is -0.326 e. The largest absolute Gasteiger partial charge is 0.326 e. The molecule has 31 heavy (non-hydrogen) atoms. The fourth-order valence-electron chi connectivity index (χ4n) is 3.03. The van der Waals surface area contributed by atoms with Crippen molar-refractivity contribution < 1.29 is 21.6 Å². The van der Waals surface area contributed by atoms with E-state index < -0.39 is 20.0 Å². The van der Waals surface area contributed by atoms with Crippen LogP contribution in [0.3, 0.4) is 0 Å². The second-order valence-electron chi connectivity index (χ2n) is 7.56. The van der Waals surface area contributed by atoms with Gasteiger partial charge in [0.05, 0.1) is 23.9 Å². The Labute approximate surface area is 185 Å². The van der Waals surface area contributed by atoms with Gasteiger partial charge in [-0.05, 0) is 55.7 Å². The van der Waals surface area contributed by atoms with Crippen LogP contribution in [0.15, 0.2) is 42.5 Å². The third-order valence-electron chi connectivity index (χ3n) is 4.79. The van der Waals surface area contributed by atoms with Crippen LogP contribution >= 0.6 is 0 Å². The lowest BCUT2D eigenvalue weighted by Crippen LogP contribution is -2.32. The molecule has 170 valence electrons. The molecule has 10 heteroatoms. The van der Waals surface area contributed by atoms with E-state index in [4.69, 9.17) is 0 Å². The molecule has 2 rings (SSSR count). The number of aryl methyl sites for hydroxylation is 2. The number of amides is 1. The first kappa shape index (κ1) is 24.7. The zero-order chi connectivity index (χ0) is 23.4. The maximum atomic E-state index is 12.4. The summed E-state index contributed by atoms with van der Waals surface area (Å²) in [6, 6.07) is 12.1. The van der Waals surface area contributed by atoms with Crippen molar-refractivity contribution in [2.24, 2.45) is 0 Å². The predicted octanol–water partition coefficient (Wildman–Crippen LogP) is 2.88. The van der Waals surface area contributed by atoms with E-state index in [0.717, 1.165) is 27.9 Å². The van der Waals surface area contributed by atoms with Crippen molar-refractivity contribution in [3.8, 4) is 0 Å². The van der Waals surface area contributed by atoms with Crippen LogP contribution in [0.1, 0.15) is 24.0 Å². The summed E-state index contributed by atoms with van der Waals surface area (Å²) in [6.45, 7) is 3.92. The van der Waals surface area contributed by atoms with Gasteiger partial charge in [-0.15, -0.1) is 0 Å². The van der Waals surface area contributed by atoms with Crippen LogP contribution in [0.4, 0.5) is 17.1 Å². The highest BCUT2D eigenvalue weighted by Crippen LogP contribution is 2.25. The number of hydrogen-bond donors (Lipinski definition) is 1. The normalized spacial score (nSPS) is 11.8. The highest BCUT2D eigenvalue weighted by atomic mass is 32.2. The van der Waals surface area contributed by atoms with Crippen LogP contribution in [0, 0.1) is 13.8 Å². The quantitative estimate of drug-likeness (QED) is 0.611. The summed E-state index contributed by atoms with van der Waals surface area (Å²) in [5.41, 5.74) is 3.30. The van der Waals surface area contributed by atoms with Gasteiger partial charge in [0.2, 0.25) is 26.0 Å².